The fourth-order valence-corrected chi connectivity index (χ4v) is 4.31. The summed E-state index contributed by atoms with van der Waals surface area (Å²) in [5.41, 5.74) is 0.519. The molecule has 1 saturated carbocycles. The van der Waals surface area contributed by atoms with Gasteiger partial charge < -0.3 is 10.1 Å². The van der Waals surface area contributed by atoms with Gasteiger partial charge in [-0.3, -0.25) is 14.5 Å². The second-order valence-electron chi connectivity index (χ2n) is 7.40. The van der Waals surface area contributed by atoms with Crippen LogP contribution in [-0.2, 0) is 19.6 Å². The average molecular weight is 408 g/mol. The Kier molecular flexibility index (Phi) is 7.07. The maximum absolute atomic E-state index is 12.6. The first-order valence-electron chi connectivity index (χ1n) is 10.1. The van der Waals surface area contributed by atoms with Crippen molar-refractivity contribution >= 4 is 21.8 Å². The van der Waals surface area contributed by atoms with E-state index in [0.717, 1.165) is 31.8 Å². The number of aliphatic imine (C=N–C) groups is 1. The number of nitrogens with one attached hydrogen (secondary N) is 2. The molecule has 28 heavy (non-hydrogen) atoms. The van der Waals surface area contributed by atoms with Crippen molar-refractivity contribution < 1.29 is 17.9 Å². The summed E-state index contributed by atoms with van der Waals surface area (Å²) in [6.45, 7) is 4.03. The zero-order valence-electron chi connectivity index (χ0n) is 16.3. The highest BCUT2D eigenvalue weighted by Crippen LogP contribution is 2.28. The highest BCUT2D eigenvalue weighted by molar-refractivity contribution is 7.90. The fourth-order valence-electron chi connectivity index (χ4n) is 3.08. The molecule has 1 unspecified atom stereocenters. The normalized spacial score (nSPS) is 19.8. The molecule has 1 fully saturated rings. The van der Waals surface area contributed by atoms with E-state index in [1.165, 1.54) is 12.8 Å². The summed E-state index contributed by atoms with van der Waals surface area (Å²) in [4.78, 5) is 17.3. The van der Waals surface area contributed by atoms with Gasteiger partial charge >= 0.3 is 0 Å². The molecule has 0 spiro atoms. The van der Waals surface area contributed by atoms with E-state index in [1.807, 2.05) is 6.92 Å². The summed E-state index contributed by atoms with van der Waals surface area (Å²) < 4.78 is 32.6. The minimum atomic E-state index is -3.60. The van der Waals surface area contributed by atoms with Crippen LogP contribution in [0.4, 0.5) is 0 Å². The lowest BCUT2D eigenvalue weighted by Gasteiger charge is -2.14. The van der Waals surface area contributed by atoms with Crippen LogP contribution in [0.25, 0.3) is 0 Å². The third-order valence-corrected chi connectivity index (χ3v) is 6.29. The standard InChI is InChI=1S/C20H29N3O4S/c1-2-3-8-17(20(24)21-12-6-13-27-14-15-10-11-15)22-19-16-7-4-5-9-18(16)28(25,26)23-19/h4-5,7,9,15,17H,2-3,6,8,10-14H2,1H3,(H,21,24)(H,22,23). The van der Waals surface area contributed by atoms with Gasteiger partial charge in [0.25, 0.3) is 10.0 Å². The number of carbonyl (C=O) groups is 1. The number of hydrogen-bond acceptors (Lipinski definition) is 5. The fraction of sp³-hybridized carbons (Fsp3) is 0.600. The number of hydrogen-bond donors (Lipinski definition) is 2. The minimum absolute atomic E-state index is 0.174. The van der Waals surface area contributed by atoms with Crippen molar-refractivity contribution in [3.8, 4) is 0 Å². The van der Waals surface area contributed by atoms with Gasteiger partial charge in [-0.05, 0) is 43.7 Å². The molecule has 1 aromatic carbocycles. The van der Waals surface area contributed by atoms with Crippen LogP contribution in [0.15, 0.2) is 34.2 Å². The Morgan fingerprint density at radius 3 is 2.86 bits per heavy atom. The maximum atomic E-state index is 12.6. The largest absolute Gasteiger partial charge is 0.381 e. The zero-order valence-corrected chi connectivity index (χ0v) is 17.1. The quantitative estimate of drug-likeness (QED) is 0.550. The van der Waals surface area contributed by atoms with Crippen LogP contribution in [0.1, 0.15) is 51.0 Å². The molecular formula is C20H29N3O4S. The van der Waals surface area contributed by atoms with E-state index in [1.54, 1.807) is 24.3 Å². The number of amidine groups is 1. The zero-order chi connectivity index (χ0) is 20.0. The van der Waals surface area contributed by atoms with Gasteiger partial charge in [0, 0.05) is 25.3 Å². The molecule has 2 aliphatic rings. The van der Waals surface area contributed by atoms with Gasteiger partial charge in [0.1, 0.15) is 11.9 Å². The van der Waals surface area contributed by atoms with Gasteiger partial charge in [0.05, 0.1) is 4.90 Å². The molecule has 3 rings (SSSR count). The van der Waals surface area contributed by atoms with E-state index in [9.17, 15) is 13.2 Å². The van der Waals surface area contributed by atoms with Crippen molar-refractivity contribution in [2.45, 2.75) is 56.4 Å². The predicted octanol–water partition coefficient (Wildman–Crippen LogP) is 2.22. The summed E-state index contributed by atoms with van der Waals surface area (Å²) in [6, 6.07) is 6.07. The first kappa shape index (κ1) is 20.8. The van der Waals surface area contributed by atoms with Crippen molar-refractivity contribution in [1.29, 1.82) is 0 Å². The number of benzene rings is 1. The molecule has 1 aliphatic carbocycles. The van der Waals surface area contributed by atoms with Gasteiger partial charge in [-0.15, -0.1) is 0 Å². The molecule has 0 saturated heterocycles. The SMILES string of the molecule is CCCCC(N=C1NS(=O)(=O)c2ccccc21)C(=O)NCCCOCC1CC1. The second-order valence-corrected chi connectivity index (χ2v) is 9.05. The molecule has 1 amide bonds. The number of sulfonamides is 1. The summed E-state index contributed by atoms with van der Waals surface area (Å²) in [7, 11) is -3.60. The molecule has 1 heterocycles. The molecule has 8 heteroatoms. The molecule has 1 aliphatic heterocycles. The Hall–Kier alpha value is -1.93. The van der Waals surface area contributed by atoms with Crippen molar-refractivity contribution in [2.24, 2.45) is 10.9 Å². The van der Waals surface area contributed by atoms with E-state index >= 15 is 0 Å². The van der Waals surface area contributed by atoms with E-state index < -0.39 is 16.1 Å². The van der Waals surface area contributed by atoms with Gasteiger partial charge in [-0.2, -0.15) is 0 Å². The molecule has 2 N–H and O–H groups in total. The first-order valence-corrected chi connectivity index (χ1v) is 11.5. The van der Waals surface area contributed by atoms with Crippen molar-refractivity contribution in [3.63, 3.8) is 0 Å². The topological polar surface area (TPSA) is 96.9 Å². The van der Waals surface area contributed by atoms with Crippen LogP contribution in [0, 0.1) is 5.92 Å². The number of carbonyl (C=O) groups excluding carboxylic acids is 1. The Bertz CT molecular complexity index is 818. The van der Waals surface area contributed by atoms with Crippen LogP contribution in [0.5, 0.6) is 0 Å². The summed E-state index contributed by atoms with van der Waals surface area (Å²) in [6.07, 6.45) is 5.64. The van der Waals surface area contributed by atoms with Crippen molar-refractivity contribution in [2.75, 3.05) is 19.8 Å². The Balaban J connectivity index is 1.59. The van der Waals surface area contributed by atoms with E-state index in [2.05, 4.69) is 15.0 Å². The first-order chi connectivity index (χ1) is 13.5. The molecule has 7 nitrogen and oxygen atoms in total. The number of rotatable bonds is 11. The second kappa shape index (κ2) is 9.52. The third-order valence-electron chi connectivity index (χ3n) is 4.90. The van der Waals surface area contributed by atoms with Gasteiger partial charge in [0.15, 0.2) is 0 Å². The number of unbranched alkanes of at least 4 members (excludes halogenated alkanes) is 1. The lowest BCUT2D eigenvalue weighted by atomic mass is 10.1. The van der Waals surface area contributed by atoms with Crippen molar-refractivity contribution in [3.05, 3.63) is 29.8 Å². The highest BCUT2D eigenvalue weighted by Gasteiger charge is 2.31. The lowest BCUT2D eigenvalue weighted by molar-refractivity contribution is -0.122. The van der Waals surface area contributed by atoms with E-state index in [0.29, 0.717) is 25.1 Å². The average Bonchev–Trinajstić information content (AvgIpc) is 3.47. The Labute approximate surface area is 167 Å². The molecule has 0 bridgehead atoms. The number of fused-ring (bicyclic) bond motifs is 1. The smallest absolute Gasteiger partial charge is 0.263 e. The monoisotopic (exact) mass is 407 g/mol. The molecule has 1 atom stereocenters. The molecule has 0 aromatic heterocycles. The van der Waals surface area contributed by atoms with E-state index in [4.69, 9.17) is 4.74 Å². The minimum Gasteiger partial charge on any atom is -0.381 e. The van der Waals surface area contributed by atoms with Crippen LogP contribution in [-0.4, -0.2) is 46.0 Å². The predicted molar refractivity (Wildman–Crippen MR) is 108 cm³/mol. The summed E-state index contributed by atoms with van der Waals surface area (Å²) in [5, 5.41) is 2.91. The number of amides is 1. The maximum Gasteiger partial charge on any atom is 0.263 e. The van der Waals surface area contributed by atoms with Crippen LogP contribution < -0.4 is 10.0 Å². The van der Waals surface area contributed by atoms with E-state index in [-0.39, 0.29) is 16.6 Å². The van der Waals surface area contributed by atoms with Gasteiger partial charge in [-0.1, -0.05) is 31.9 Å². The number of nitrogens with zero attached hydrogens (tertiary/aromatic N) is 1. The van der Waals surface area contributed by atoms with Crippen LogP contribution >= 0.6 is 0 Å². The molecule has 1 aromatic rings. The third kappa shape index (κ3) is 5.54. The Morgan fingerprint density at radius 2 is 2.11 bits per heavy atom. The molecule has 0 radical (unpaired) electrons. The summed E-state index contributed by atoms with van der Waals surface area (Å²) in [5.74, 6) is 0.813. The van der Waals surface area contributed by atoms with Crippen LogP contribution in [0.2, 0.25) is 0 Å². The van der Waals surface area contributed by atoms with Crippen LogP contribution in [0.3, 0.4) is 0 Å². The van der Waals surface area contributed by atoms with Gasteiger partial charge in [-0.25, -0.2) is 8.42 Å². The highest BCUT2D eigenvalue weighted by atomic mass is 32.2. The lowest BCUT2D eigenvalue weighted by Crippen LogP contribution is -2.36. The molecule has 154 valence electrons. The summed E-state index contributed by atoms with van der Waals surface area (Å²) >= 11 is 0. The molecular weight excluding hydrogens is 378 g/mol. The van der Waals surface area contributed by atoms with Gasteiger partial charge in [0.2, 0.25) is 5.91 Å². The Morgan fingerprint density at radius 1 is 1.32 bits per heavy atom. The number of ether oxygens (including phenoxy) is 1. The van der Waals surface area contributed by atoms with Crippen molar-refractivity contribution in [1.82, 2.24) is 10.0 Å².